The second kappa shape index (κ2) is 8.95. The van der Waals surface area contributed by atoms with Crippen LogP contribution < -0.4 is 14.8 Å². The molecule has 2 aliphatic rings. The number of methoxy groups -OCH3 is 1. The molecule has 33 heavy (non-hydrogen) atoms. The summed E-state index contributed by atoms with van der Waals surface area (Å²) in [6.07, 6.45) is 3.30. The summed E-state index contributed by atoms with van der Waals surface area (Å²) in [5.41, 5.74) is 0.655. The third kappa shape index (κ3) is 4.49. The number of imide groups is 1. The third-order valence-electron chi connectivity index (χ3n) is 6.17. The number of carbonyl (C=O) groups excluding carboxylic acids is 3. The van der Waals surface area contributed by atoms with Crippen molar-refractivity contribution in [2.75, 3.05) is 12.0 Å². The maximum atomic E-state index is 13.5. The van der Waals surface area contributed by atoms with Gasteiger partial charge in [-0.05, 0) is 61.4 Å². The van der Waals surface area contributed by atoms with E-state index in [1.165, 1.54) is 31.4 Å². The van der Waals surface area contributed by atoms with Gasteiger partial charge < -0.3 is 9.64 Å². The zero-order valence-electron chi connectivity index (χ0n) is 18.1. The molecule has 3 amide bonds. The van der Waals surface area contributed by atoms with E-state index >= 15 is 0 Å². The molecular formula is C23H25N3O6S. The Morgan fingerprint density at radius 1 is 1.03 bits per heavy atom. The number of ether oxygens (including phenoxy) is 1. The molecule has 1 aliphatic heterocycles. The Hall–Kier alpha value is -3.24. The Morgan fingerprint density at radius 3 is 2.18 bits per heavy atom. The SMILES string of the molecule is COc1ccc(C(=O)N(C2CCCC2)C2CC(=O)N(c3ccc(S(N)(=O)=O)cc3)C2=O)cc1. The van der Waals surface area contributed by atoms with Gasteiger partial charge in [0, 0.05) is 11.6 Å². The first kappa shape index (κ1) is 22.9. The second-order valence-electron chi connectivity index (χ2n) is 8.21. The van der Waals surface area contributed by atoms with Gasteiger partial charge >= 0.3 is 0 Å². The van der Waals surface area contributed by atoms with Crippen LogP contribution in [0.25, 0.3) is 0 Å². The smallest absolute Gasteiger partial charge is 0.257 e. The topological polar surface area (TPSA) is 127 Å². The van der Waals surface area contributed by atoms with Gasteiger partial charge in [0.25, 0.3) is 11.8 Å². The number of hydrogen-bond donors (Lipinski definition) is 1. The van der Waals surface area contributed by atoms with Gasteiger partial charge in [0.05, 0.1) is 24.1 Å². The van der Waals surface area contributed by atoms with Crippen LogP contribution in [-0.2, 0) is 19.6 Å². The number of carbonyl (C=O) groups is 3. The van der Waals surface area contributed by atoms with Gasteiger partial charge in [-0.2, -0.15) is 0 Å². The van der Waals surface area contributed by atoms with Crippen LogP contribution in [0.5, 0.6) is 5.75 Å². The first-order chi connectivity index (χ1) is 15.7. The molecular weight excluding hydrogens is 446 g/mol. The fraction of sp³-hybridized carbons (Fsp3) is 0.348. The number of amides is 3. The molecule has 4 rings (SSSR count). The minimum absolute atomic E-state index is 0.121. The van der Waals surface area contributed by atoms with Crippen molar-refractivity contribution in [1.82, 2.24) is 4.90 Å². The number of hydrogen-bond acceptors (Lipinski definition) is 6. The molecule has 2 aromatic rings. The van der Waals surface area contributed by atoms with Gasteiger partial charge in [0.15, 0.2) is 0 Å². The molecule has 9 nitrogen and oxygen atoms in total. The first-order valence-corrected chi connectivity index (χ1v) is 12.2. The summed E-state index contributed by atoms with van der Waals surface area (Å²) in [6, 6.07) is 10.8. The van der Waals surface area contributed by atoms with Crippen molar-refractivity contribution in [1.29, 1.82) is 0 Å². The van der Waals surface area contributed by atoms with Crippen molar-refractivity contribution >= 4 is 33.4 Å². The molecule has 1 saturated heterocycles. The lowest BCUT2D eigenvalue weighted by Crippen LogP contribution is -2.50. The zero-order valence-corrected chi connectivity index (χ0v) is 19.0. The summed E-state index contributed by atoms with van der Waals surface area (Å²) in [5.74, 6) is -0.640. The molecule has 174 valence electrons. The lowest BCUT2D eigenvalue weighted by molar-refractivity contribution is -0.123. The normalized spacial score (nSPS) is 19.2. The summed E-state index contributed by atoms with van der Waals surface area (Å²) in [6.45, 7) is 0. The van der Waals surface area contributed by atoms with Gasteiger partial charge in [-0.1, -0.05) is 12.8 Å². The Balaban J connectivity index is 1.64. The van der Waals surface area contributed by atoms with E-state index in [-0.39, 0.29) is 29.0 Å². The molecule has 2 N–H and O–H groups in total. The van der Waals surface area contributed by atoms with Crippen LogP contribution >= 0.6 is 0 Å². The molecule has 2 fully saturated rings. The standard InChI is InChI=1S/C23H25N3O6S/c1-32-18-10-6-15(7-11-18)22(28)25(16-4-2-3-5-16)20-14-21(27)26(23(20)29)17-8-12-19(13-9-17)33(24,30)31/h6-13,16,20H,2-5,14H2,1H3,(H2,24,30,31). The maximum Gasteiger partial charge on any atom is 0.257 e. The molecule has 1 unspecified atom stereocenters. The fourth-order valence-electron chi connectivity index (χ4n) is 4.52. The van der Waals surface area contributed by atoms with E-state index in [4.69, 9.17) is 9.88 Å². The maximum absolute atomic E-state index is 13.5. The van der Waals surface area contributed by atoms with Gasteiger partial charge in [-0.15, -0.1) is 0 Å². The van der Waals surface area contributed by atoms with Crippen molar-refractivity contribution in [2.24, 2.45) is 5.14 Å². The number of sulfonamides is 1. The number of anilines is 1. The van der Waals surface area contributed by atoms with Gasteiger partial charge in [-0.25, -0.2) is 18.5 Å². The first-order valence-electron chi connectivity index (χ1n) is 10.7. The highest BCUT2D eigenvalue weighted by Gasteiger charge is 2.47. The Kier molecular flexibility index (Phi) is 6.22. The zero-order chi connectivity index (χ0) is 23.8. The highest BCUT2D eigenvalue weighted by atomic mass is 32.2. The van der Waals surface area contributed by atoms with Crippen molar-refractivity contribution in [3.05, 3.63) is 54.1 Å². The van der Waals surface area contributed by atoms with Crippen molar-refractivity contribution in [3.63, 3.8) is 0 Å². The number of rotatable bonds is 6. The van der Waals surface area contributed by atoms with Gasteiger partial charge in [0.1, 0.15) is 11.8 Å². The summed E-state index contributed by atoms with van der Waals surface area (Å²) in [4.78, 5) is 42.2. The van der Waals surface area contributed by atoms with Crippen LogP contribution in [0, 0.1) is 0 Å². The summed E-state index contributed by atoms with van der Waals surface area (Å²) < 4.78 is 28.2. The van der Waals surface area contributed by atoms with Crippen LogP contribution in [0.3, 0.4) is 0 Å². The Morgan fingerprint density at radius 2 is 1.64 bits per heavy atom. The van der Waals surface area contributed by atoms with Crippen molar-refractivity contribution in [2.45, 2.75) is 49.1 Å². The molecule has 1 saturated carbocycles. The molecule has 10 heteroatoms. The van der Waals surface area contributed by atoms with Crippen LogP contribution in [0.2, 0.25) is 0 Å². The Bertz CT molecular complexity index is 1170. The molecule has 0 aromatic heterocycles. The van der Waals surface area contributed by atoms with E-state index in [2.05, 4.69) is 0 Å². The molecule has 2 aromatic carbocycles. The van der Waals surface area contributed by atoms with Crippen LogP contribution in [0.1, 0.15) is 42.5 Å². The average Bonchev–Trinajstić information content (AvgIpc) is 3.42. The van der Waals surface area contributed by atoms with E-state index in [9.17, 15) is 22.8 Å². The number of benzene rings is 2. The van der Waals surface area contributed by atoms with Crippen LogP contribution in [0.15, 0.2) is 53.4 Å². The third-order valence-corrected chi connectivity index (χ3v) is 7.10. The second-order valence-corrected chi connectivity index (χ2v) is 9.77. The largest absolute Gasteiger partial charge is 0.497 e. The Labute approximate surface area is 192 Å². The molecule has 1 heterocycles. The minimum Gasteiger partial charge on any atom is -0.497 e. The van der Waals surface area contributed by atoms with E-state index in [1.54, 1.807) is 29.2 Å². The molecule has 1 atom stereocenters. The molecule has 0 radical (unpaired) electrons. The van der Waals surface area contributed by atoms with E-state index < -0.39 is 27.9 Å². The monoisotopic (exact) mass is 471 g/mol. The molecule has 0 bridgehead atoms. The highest BCUT2D eigenvalue weighted by molar-refractivity contribution is 7.89. The van der Waals surface area contributed by atoms with E-state index in [1.807, 2.05) is 0 Å². The molecule has 0 spiro atoms. The lowest BCUT2D eigenvalue weighted by atomic mass is 10.1. The van der Waals surface area contributed by atoms with E-state index in [0.717, 1.165) is 30.6 Å². The average molecular weight is 472 g/mol. The fourth-order valence-corrected chi connectivity index (χ4v) is 5.03. The van der Waals surface area contributed by atoms with Gasteiger partial charge in [-0.3, -0.25) is 14.4 Å². The predicted octanol–water partition coefficient (Wildman–Crippen LogP) is 2.06. The number of primary sulfonamides is 1. The quantitative estimate of drug-likeness (QED) is 0.643. The van der Waals surface area contributed by atoms with Crippen molar-refractivity contribution < 1.29 is 27.5 Å². The molecule has 1 aliphatic carbocycles. The van der Waals surface area contributed by atoms with E-state index in [0.29, 0.717) is 11.3 Å². The van der Waals surface area contributed by atoms with Crippen molar-refractivity contribution in [3.8, 4) is 5.75 Å². The highest BCUT2D eigenvalue weighted by Crippen LogP contribution is 2.33. The number of nitrogens with two attached hydrogens (primary N) is 1. The summed E-state index contributed by atoms with van der Waals surface area (Å²) in [7, 11) is -2.37. The summed E-state index contributed by atoms with van der Waals surface area (Å²) >= 11 is 0. The minimum atomic E-state index is -3.90. The lowest BCUT2D eigenvalue weighted by Gasteiger charge is -2.33. The van der Waals surface area contributed by atoms with Crippen LogP contribution in [-0.4, -0.2) is 50.2 Å². The number of nitrogens with zero attached hydrogens (tertiary/aromatic N) is 2. The summed E-state index contributed by atoms with van der Waals surface area (Å²) in [5, 5.41) is 5.13. The van der Waals surface area contributed by atoms with Gasteiger partial charge in [0.2, 0.25) is 15.9 Å². The van der Waals surface area contributed by atoms with Crippen LogP contribution in [0.4, 0.5) is 5.69 Å². The predicted molar refractivity (Wildman–Crippen MR) is 120 cm³/mol.